The zero-order valence-corrected chi connectivity index (χ0v) is 12.0. The van der Waals surface area contributed by atoms with Crippen LogP contribution in [-0.2, 0) is 13.5 Å². The van der Waals surface area contributed by atoms with Crippen molar-refractivity contribution in [3.63, 3.8) is 0 Å². The largest absolute Gasteiger partial charge is 0.323 e. The summed E-state index contributed by atoms with van der Waals surface area (Å²) in [5.74, 6) is 0.937. The van der Waals surface area contributed by atoms with Crippen LogP contribution in [0.5, 0.6) is 0 Å². The molecule has 0 spiro atoms. The van der Waals surface area contributed by atoms with Gasteiger partial charge in [-0.2, -0.15) is 0 Å². The van der Waals surface area contributed by atoms with Gasteiger partial charge in [-0.05, 0) is 30.9 Å². The summed E-state index contributed by atoms with van der Waals surface area (Å²) < 4.78 is 2.03. The highest BCUT2D eigenvalue weighted by Crippen LogP contribution is 2.38. The van der Waals surface area contributed by atoms with E-state index in [9.17, 15) is 0 Å². The third-order valence-corrected chi connectivity index (χ3v) is 5.22. The molecule has 4 nitrogen and oxygen atoms in total. The van der Waals surface area contributed by atoms with E-state index >= 15 is 0 Å². The van der Waals surface area contributed by atoms with Crippen molar-refractivity contribution >= 4 is 11.8 Å². The Labute approximate surface area is 117 Å². The average molecular weight is 274 g/mol. The molecule has 0 bridgehead atoms. The van der Waals surface area contributed by atoms with Crippen molar-refractivity contribution in [3.05, 3.63) is 41.2 Å². The second-order valence-corrected chi connectivity index (χ2v) is 6.21. The molecule has 0 aliphatic heterocycles. The molecule has 1 aliphatic rings. The summed E-state index contributed by atoms with van der Waals surface area (Å²) in [7, 11) is 2.00. The van der Waals surface area contributed by atoms with Crippen LogP contribution in [0.1, 0.15) is 29.4 Å². The van der Waals surface area contributed by atoms with Gasteiger partial charge in [-0.15, -0.1) is 10.2 Å². The maximum absolute atomic E-state index is 6.42. The molecule has 2 aromatic rings. The lowest BCUT2D eigenvalue weighted by Crippen LogP contribution is -2.29. The van der Waals surface area contributed by atoms with Crippen molar-refractivity contribution < 1.29 is 0 Å². The number of hydrogen-bond donors (Lipinski definition) is 1. The van der Waals surface area contributed by atoms with Crippen LogP contribution in [0.25, 0.3) is 0 Å². The Kier molecular flexibility index (Phi) is 3.33. The van der Waals surface area contributed by atoms with E-state index in [4.69, 9.17) is 5.73 Å². The van der Waals surface area contributed by atoms with Gasteiger partial charge in [0.1, 0.15) is 5.82 Å². The molecular formula is C14H18N4S. The molecule has 0 saturated carbocycles. The lowest BCUT2D eigenvalue weighted by molar-refractivity contribution is 0.583. The van der Waals surface area contributed by atoms with Gasteiger partial charge < -0.3 is 10.3 Å². The van der Waals surface area contributed by atoms with Crippen molar-refractivity contribution in [2.45, 2.75) is 36.2 Å². The number of hydrogen-bond acceptors (Lipinski definition) is 4. The van der Waals surface area contributed by atoms with Crippen LogP contribution in [0.3, 0.4) is 0 Å². The maximum atomic E-state index is 6.42. The molecule has 19 heavy (non-hydrogen) atoms. The van der Waals surface area contributed by atoms with Crippen molar-refractivity contribution in [3.8, 4) is 0 Å². The Morgan fingerprint density at radius 2 is 2.11 bits per heavy atom. The van der Waals surface area contributed by atoms with E-state index in [0.717, 1.165) is 23.8 Å². The monoisotopic (exact) mass is 274 g/mol. The van der Waals surface area contributed by atoms with Crippen LogP contribution < -0.4 is 5.73 Å². The summed E-state index contributed by atoms with van der Waals surface area (Å²) in [5, 5.41) is 9.65. The van der Waals surface area contributed by atoms with E-state index in [1.807, 2.05) is 18.5 Å². The highest BCUT2D eigenvalue weighted by molar-refractivity contribution is 7.99. The number of nitrogens with two attached hydrogens (primary N) is 1. The van der Waals surface area contributed by atoms with Gasteiger partial charge in [0, 0.05) is 18.3 Å². The molecule has 1 aromatic heterocycles. The van der Waals surface area contributed by atoms with Crippen LogP contribution in [0.2, 0.25) is 0 Å². The molecule has 2 N–H and O–H groups in total. The molecule has 0 saturated heterocycles. The van der Waals surface area contributed by atoms with E-state index in [1.165, 1.54) is 11.1 Å². The molecular weight excluding hydrogens is 256 g/mol. The molecule has 3 rings (SSSR count). The fraction of sp³-hybridized carbons (Fsp3) is 0.429. The molecule has 0 fully saturated rings. The highest BCUT2D eigenvalue weighted by Gasteiger charge is 2.28. The molecule has 2 unspecified atom stereocenters. The number of aryl methyl sites for hydroxylation is 2. The first kappa shape index (κ1) is 12.7. The van der Waals surface area contributed by atoms with Gasteiger partial charge in [-0.3, -0.25) is 0 Å². The van der Waals surface area contributed by atoms with Gasteiger partial charge in [0.15, 0.2) is 5.16 Å². The van der Waals surface area contributed by atoms with Gasteiger partial charge >= 0.3 is 0 Å². The fourth-order valence-electron chi connectivity index (χ4n) is 2.52. The number of aromatic nitrogens is 3. The van der Waals surface area contributed by atoms with E-state index < -0.39 is 0 Å². The van der Waals surface area contributed by atoms with Gasteiger partial charge in [0.05, 0.1) is 0 Å². The van der Waals surface area contributed by atoms with Crippen molar-refractivity contribution in [2.75, 3.05) is 0 Å². The molecule has 0 amide bonds. The van der Waals surface area contributed by atoms with Crippen LogP contribution in [0.15, 0.2) is 29.4 Å². The minimum atomic E-state index is 0.0759. The Balaban J connectivity index is 1.83. The van der Waals surface area contributed by atoms with Gasteiger partial charge in [-0.1, -0.05) is 36.0 Å². The number of fused-ring (bicyclic) bond motifs is 1. The Bertz CT molecular complexity index is 593. The van der Waals surface area contributed by atoms with E-state index in [1.54, 1.807) is 11.8 Å². The Morgan fingerprint density at radius 1 is 1.32 bits per heavy atom. The Morgan fingerprint density at radius 3 is 2.84 bits per heavy atom. The normalized spacial score (nSPS) is 22.3. The quantitative estimate of drug-likeness (QED) is 0.912. The smallest absolute Gasteiger partial charge is 0.191 e. The highest BCUT2D eigenvalue weighted by atomic mass is 32.2. The second-order valence-electron chi connectivity index (χ2n) is 5.01. The zero-order valence-electron chi connectivity index (χ0n) is 11.2. The summed E-state index contributed by atoms with van der Waals surface area (Å²) >= 11 is 1.75. The van der Waals surface area contributed by atoms with Crippen LogP contribution in [0, 0.1) is 6.92 Å². The SMILES string of the molecule is Cc1nnc(SC2CCc3ccccc3C2N)n1C. The first-order chi connectivity index (χ1) is 9.16. The summed E-state index contributed by atoms with van der Waals surface area (Å²) in [6.07, 6.45) is 2.19. The summed E-state index contributed by atoms with van der Waals surface area (Å²) in [4.78, 5) is 0. The number of benzene rings is 1. The molecule has 1 aromatic carbocycles. The first-order valence-electron chi connectivity index (χ1n) is 6.53. The number of thioether (sulfide) groups is 1. The zero-order chi connectivity index (χ0) is 13.4. The van der Waals surface area contributed by atoms with Gasteiger partial charge in [0.2, 0.25) is 0 Å². The van der Waals surface area contributed by atoms with Gasteiger partial charge in [0.25, 0.3) is 0 Å². The van der Waals surface area contributed by atoms with Crippen LogP contribution >= 0.6 is 11.8 Å². The van der Waals surface area contributed by atoms with Crippen molar-refractivity contribution in [1.29, 1.82) is 0 Å². The fourth-order valence-corrected chi connectivity index (χ4v) is 3.70. The molecule has 0 radical (unpaired) electrons. The number of rotatable bonds is 2. The third kappa shape index (κ3) is 2.28. The van der Waals surface area contributed by atoms with Crippen molar-refractivity contribution in [1.82, 2.24) is 14.8 Å². The molecule has 100 valence electrons. The minimum Gasteiger partial charge on any atom is -0.323 e. The van der Waals surface area contributed by atoms with E-state index in [2.05, 4.69) is 34.5 Å². The van der Waals surface area contributed by atoms with Crippen LogP contribution in [0.4, 0.5) is 0 Å². The number of nitrogens with zero attached hydrogens (tertiary/aromatic N) is 3. The predicted molar refractivity (Wildman–Crippen MR) is 77.1 cm³/mol. The molecule has 1 heterocycles. The summed E-state index contributed by atoms with van der Waals surface area (Å²) in [6, 6.07) is 8.56. The lowest BCUT2D eigenvalue weighted by Gasteiger charge is -2.30. The standard InChI is InChI=1S/C14H18N4S/c1-9-16-17-14(18(9)2)19-12-8-7-10-5-3-4-6-11(10)13(12)15/h3-6,12-13H,7-8,15H2,1-2H3. The molecule has 1 aliphatic carbocycles. The van der Waals surface area contributed by atoms with E-state index in [0.29, 0.717) is 5.25 Å². The van der Waals surface area contributed by atoms with Crippen molar-refractivity contribution in [2.24, 2.45) is 12.8 Å². The topological polar surface area (TPSA) is 56.7 Å². The van der Waals surface area contributed by atoms with E-state index in [-0.39, 0.29) is 6.04 Å². The van der Waals surface area contributed by atoms with Crippen LogP contribution in [-0.4, -0.2) is 20.0 Å². The lowest BCUT2D eigenvalue weighted by atomic mass is 9.88. The third-order valence-electron chi connectivity index (χ3n) is 3.82. The molecule has 5 heteroatoms. The second kappa shape index (κ2) is 4.98. The summed E-state index contributed by atoms with van der Waals surface area (Å²) in [5.41, 5.74) is 9.09. The first-order valence-corrected chi connectivity index (χ1v) is 7.41. The predicted octanol–water partition coefficient (Wildman–Crippen LogP) is 2.23. The average Bonchev–Trinajstić information content (AvgIpc) is 2.74. The maximum Gasteiger partial charge on any atom is 0.191 e. The molecule has 2 atom stereocenters. The van der Waals surface area contributed by atoms with Gasteiger partial charge in [-0.25, -0.2) is 0 Å². The Hall–Kier alpha value is -1.33. The summed E-state index contributed by atoms with van der Waals surface area (Å²) in [6.45, 7) is 1.97. The minimum absolute atomic E-state index is 0.0759.